The summed E-state index contributed by atoms with van der Waals surface area (Å²) in [5.74, 6) is 0. The van der Waals surface area contributed by atoms with Gasteiger partial charge in [0, 0.05) is 37.8 Å². The highest BCUT2D eigenvalue weighted by Gasteiger charge is 2.28. The van der Waals surface area contributed by atoms with Crippen molar-refractivity contribution in [1.29, 1.82) is 0 Å². The van der Waals surface area contributed by atoms with Crippen LogP contribution in [0.3, 0.4) is 0 Å². The number of piperazine rings is 1. The fraction of sp³-hybridized carbons (Fsp3) is 1.00. The normalized spacial score (nSPS) is 28.5. The molecule has 0 radical (unpaired) electrons. The molecule has 108 valence electrons. The van der Waals surface area contributed by atoms with Crippen LogP contribution >= 0.6 is 0 Å². The van der Waals surface area contributed by atoms with Crippen molar-refractivity contribution in [2.45, 2.75) is 65.1 Å². The summed E-state index contributed by atoms with van der Waals surface area (Å²) in [5.41, 5.74) is 0. The van der Waals surface area contributed by atoms with Crippen LogP contribution in [0.4, 0.5) is 0 Å². The molecule has 1 aliphatic heterocycles. The predicted molar refractivity (Wildman–Crippen MR) is 80.1 cm³/mol. The van der Waals surface area contributed by atoms with E-state index in [0.717, 1.165) is 6.54 Å². The van der Waals surface area contributed by atoms with E-state index in [2.05, 4.69) is 49.9 Å². The Labute approximate surface area is 114 Å². The minimum Gasteiger partial charge on any atom is -0.315 e. The van der Waals surface area contributed by atoms with Crippen molar-refractivity contribution in [1.82, 2.24) is 15.1 Å². The second-order valence-corrected chi connectivity index (χ2v) is 6.08. The van der Waals surface area contributed by atoms with Crippen molar-refractivity contribution in [3.8, 4) is 0 Å². The van der Waals surface area contributed by atoms with Gasteiger partial charge in [-0.25, -0.2) is 0 Å². The molecule has 18 heavy (non-hydrogen) atoms. The maximum absolute atomic E-state index is 3.60. The second-order valence-electron chi connectivity index (χ2n) is 6.08. The van der Waals surface area contributed by atoms with Crippen LogP contribution in [0, 0.1) is 0 Å². The van der Waals surface area contributed by atoms with E-state index in [9.17, 15) is 0 Å². The minimum atomic E-state index is 0.658. The molecular weight excluding hydrogens is 222 g/mol. The SMILES string of the molecule is CCCCCNCC(C)N1CC(C)N(C)C(C)C1. The number of hydrogen-bond donors (Lipinski definition) is 1. The summed E-state index contributed by atoms with van der Waals surface area (Å²) in [5, 5.41) is 3.60. The summed E-state index contributed by atoms with van der Waals surface area (Å²) in [4.78, 5) is 5.14. The summed E-state index contributed by atoms with van der Waals surface area (Å²) >= 11 is 0. The Morgan fingerprint density at radius 2 is 1.78 bits per heavy atom. The molecule has 1 saturated heterocycles. The summed E-state index contributed by atoms with van der Waals surface area (Å²) < 4.78 is 0. The first-order valence-electron chi connectivity index (χ1n) is 7.73. The zero-order chi connectivity index (χ0) is 13.5. The van der Waals surface area contributed by atoms with Gasteiger partial charge in [0.25, 0.3) is 0 Å². The molecule has 0 amide bonds. The number of rotatable bonds is 7. The summed E-state index contributed by atoms with van der Waals surface area (Å²) in [6.07, 6.45) is 3.98. The van der Waals surface area contributed by atoms with Crippen molar-refractivity contribution in [3.63, 3.8) is 0 Å². The van der Waals surface area contributed by atoms with Crippen molar-refractivity contribution >= 4 is 0 Å². The van der Waals surface area contributed by atoms with Gasteiger partial charge >= 0.3 is 0 Å². The maximum Gasteiger partial charge on any atom is 0.0195 e. The topological polar surface area (TPSA) is 18.5 Å². The van der Waals surface area contributed by atoms with Crippen molar-refractivity contribution < 1.29 is 0 Å². The molecule has 0 aromatic rings. The highest BCUT2D eigenvalue weighted by atomic mass is 15.3. The third kappa shape index (κ3) is 4.87. The molecule has 1 N–H and O–H groups in total. The van der Waals surface area contributed by atoms with Crippen LogP contribution in [0.25, 0.3) is 0 Å². The van der Waals surface area contributed by atoms with Crippen LogP contribution in [0.5, 0.6) is 0 Å². The Kier molecular flexibility index (Phi) is 7.20. The second kappa shape index (κ2) is 8.13. The van der Waals surface area contributed by atoms with Gasteiger partial charge in [-0.1, -0.05) is 19.8 Å². The average Bonchev–Trinajstić information content (AvgIpc) is 2.34. The van der Waals surface area contributed by atoms with E-state index in [0.29, 0.717) is 18.1 Å². The largest absolute Gasteiger partial charge is 0.315 e. The lowest BCUT2D eigenvalue weighted by atomic mass is 10.1. The molecule has 0 spiro atoms. The number of nitrogens with one attached hydrogen (secondary N) is 1. The third-order valence-corrected chi connectivity index (χ3v) is 4.41. The van der Waals surface area contributed by atoms with Gasteiger partial charge in [-0.2, -0.15) is 0 Å². The van der Waals surface area contributed by atoms with Gasteiger partial charge < -0.3 is 5.32 Å². The van der Waals surface area contributed by atoms with Crippen molar-refractivity contribution in [2.75, 3.05) is 33.2 Å². The lowest BCUT2D eigenvalue weighted by Crippen LogP contribution is -2.58. The molecule has 0 aliphatic carbocycles. The number of hydrogen-bond acceptors (Lipinski definition) is 3. The molecule has 1 aliphatic rings. The van der Waals surface area contributed by atoms with Crippen molar-refractivity contribution in [2.24, 2.45) is 0 Å². The van der Waals surface area contributed by atoms with Gasteiger partial charge in [-0.3, -0.25) is 9.80 Å². The van der Waals surface area contributed by atoms with Crippen LogP contribution < -0.4 is 5.32 Å². The monoisotopic (exact) mass is 255 g/mol. The van der Waals surface area contributed by atoms with E-state index in [4.69, 9.17) is 0 Å². The highest BCUT2D eigenvalue weighted by molar-refractivity contribution is 4.85. The fourth-order valence-electron chi connectivity index (χ4n) is 2.75. The van der Waals surface area contributed by atoms with E-state index in [1.54, 1.807) is 0 Å². The molecule has 3 unspecified atom stereocenters. The molecule has 1 heterocycles. The zero-order valence-electron chi connectivity index (χ0n) is 13.1. The van der Waals surface area contributed by atoms with E-state index in [1.165, 1.54) is 38.9 Å². The molecule has 0 aromatic heterocycles. The molecule has 3 nitrogen and oxygen atoms in total. The van der Waals surface area contributed by atoms with Gasteiger partial charge in [0.15, 0.2) is 0 Å². The predicted octanol–water partition coefficient (Wildman–Crippen LogP) is 2.18. The van der Waals surface area contributed by atoms with Gasteiger partial charge in [0.05, 0.1) is 0 Å². The number of nitrogens with zero attached hydrogens (tertiary/aromatic N) is 2. The van der Waals surface area contributed by atoms with Gasteiger partial charge in [0.1, 0.15) is 0 Å². The first-order chi connectivity index (χ1) is 8.56. The van der Waals surface area contributed by atoms with E-state index in [-0.39, 0.29) is 0 Å². The lowest BCUT2D eigenvalue weighted by Gasteiger charge is -2.45. The lowest BCUT2D eigenvalue weighted by molar-refractivity contribution is 0.0381. The van der Waals surface area contributed by atoms with Gasteiger partial charge in [0.2, 0.25) is 0 Å². The third-order valence-electron chi connectivity index (χ3n) is 4.41. The van der Waals surface area contributed by atoms with E-state index >= 15 is 0 Å². The van der Waals surface area contributed by atoms with Crippen LogP contribution in [-0.2, 0) is 0 Å². The van der Waals surface area contributed by atoms with Crippen LogP contribution in [0.2, 0.25) is 0 Å². The van der Waals surface area contributed by atoms with Crippen LogP contribution in [-0.4, -0.2) is 61.2 Å². The van der Waals surface area contributed by atoms with E-state index < -0.39 is 0 Å². The summed E-state index contributed by atoms with van der Waals surface area (Å²) in [6, 6.07) is 2.01. The molecule has 0 aromatic carbocycles. The van der Waals surface area contributed by atoms with E-state index in [1.807, 2.05) is 0 Å². The Bertz CT molecular complexity index is 208. The van der Waals surface area contributed by atoms with Crippen LogP contribution in [0.15, 0.2) is 0 Å². The molecule has 1 rings (SSSR count). The maximum atomic E-state index is 3.60. The quantitative estimate of drug-likeness (QED) is 0.704. The molecule has 1 fully saturated rings. The first kappa shape index (κ1) is 15.9. The summed E-state index contributed by atoms with van der Waals surface area (Å²) in [7, 11) is 2.25. The molecule has 3 atom stereocenters. The fourth-order valence-corrected chi connectivity index (χ4v) is 2.75. The standard InChI is InChI=1S/C15H33N3/c1-6-7-8-9-16-10-13(2)18-11-14(3)17(5)15(4)12-18/h13-16H,6-12H2,1-5H3. The van der Waals surface area contributed by atoms with Crippen molar-refractivity contribution in [3.05, 3.63) is 0 Å². The molecule has 3 heteroatoms. The summed E-state index contributed by atoms with van der Waals surface area (Å²) in [6.45, 7) is 14.0. The smallest absolute Gasteiger partial charge is 0.0195 e. The zero-order valence-corrected chi connectivity index (χ0v) is 13.1. The van der Waals surface area contributed by atoms with Gasteiger partial charge in [-0.15, -0.1) is 0 Å². The Hall–Kier alpha value is -0.120. The highest BCUT2D eigenvalue weighted by Crippen LogP contribution is 2.15. The number of unbranched alkanes of at least 4 members (excludes halogenated alkanes) is 2. The Morgan fingerprint density at radius 3 is 2.33 bits per heavy atom. The number of likely N-dealkylation sites (N-methyl/N-ethyl adjacent to an activating group) is 1. The molecule has 0 bridgehead atoms. The molecule has 0 saturated carbocycles. The average molecular weight is 255 g/mol. The minimum absolute atomic E-state index is 0.658. The Morgan fingerprint density at radius 1 is 1.17 bits per heavy atom. The van der Waals surface area contributed by atoms with Gasteiger partial charge in [-0.05, 0) is 40.8 Å². The van der Waals surface area contributed by atoms with Crippen LogP contribution in [0.1, 0.15) is 47.0 Å². The Balaban J connectivity index is 2.23. The molecular formula is C15H33N3. The first-order valence-corrected chi connectivity index (χ1v) is 7.73.